The SMILES string of the molecule is Cc1cn[nH]c1NC(=O)C(C)NC(=O)c1cccs1. The van der Waals surface area contributed by atoms with Crippen LogP contribution in [-0.4, -0.2) is 28.1 Å². The number of thiophene rings is 1. The number of anilines is 1. The molecule has 1 unspecified atom stereocenters. The zero-order valence-corrected chi connectivity index (χ0v) is 11.4. The van der Waals surface area contributed by atoms with Gasteiger partial charge in [0.1, 0.15) is 11.9 Å². The number of hydrogen-bond donors (Lipinski definition) is 3. The molecule has 1 atom stereocenters. The fraction of sp³-hybridized carbons (Fsp3) is 0.250. The minimum Gasteiger partial charge on any atom is -0.340 e. The van der Waals surface area contributed by atoms with Crippen molar-refractivity contribution in [3.8, 4) is 0 Å². The molecule has 0 aliphatic heterocycles. The summed E-state index contributed by atoms with van der Waals surface area (Å²) in [6.07, 6.45) is 1.62. The second-order valence-corrected chi connectivity index (χ2v) is 5.04. The molecule has 2 aromatic rings. The van der Waals surface area contributed by atoms with E-state index in [1.54, 1.807) is 25.3 Å². The van der Waals surface area contributed by atoms with Crippen LogP contribution in [0.1, 0.15) is 22.2 Å². The van der Waals surface area contributed by atoms with Gasteiger partial charge in [0.25, 0.3) is 5.91 Å². The Bertz CT molecular complexity index is 576. The quantitative estimate of drug-likeness (QED) is 0.792. The van der Waals surface area contributed by atoms with Crippen LogP contribution >= 0.6 is 11.3 Å². The maximum Gasteiger partial charge on any atom is 0.261 e. The zero-order valence-electron chi connectivity index (χ0n) is 10.6. The molecule has 3 N–H and O–H groups in total. The molecule has 6 nitrogen and oxygen atoms in total. The summed E-state index contributed by atoms with van der Waals surface area (Å²) in [6, 6.07) is 2.87. The van der Waals surface area contributed by atoms with Crippen LogP contribution in [0.15, 0.2) is 23.7 Å². The lowest BCUT2D eigenvalue weighted by Gasteiger charge is -2.13. The summed E-state index contributed by atoms with van der Waals surface area (Å²) in [4.78, 5) is 24.3. The van der Waals surface area contributed by atoms with Crippen molar-refractivity contribution in [2.24, 2.45) is 0 Å². The van der Waals surface area contributed by atoms with Gasteiger partial charge in [0.2, 0.25) is 5.91 Å². The van der Waals surface area contributed by atoms with Crippen molar-refractivity contribution < 1.29 is 9.59 Å². The second-order valence-electron chi connectivity index (χ2n) is 4.09. The van der Waals surface area contributed by atoms with E-state index in [1.165, 1.54) is 11.3 Å². The lowest BCUT2D eigenvalue weighted by atomic mass is 10.3. The number of carbonyl (C=O) groups excluding carboxylic acids is 2. The fourth-order valence-electron chi connectivity index (χ4n) is 1.45. The number of carbonyl (C=O) groups is 2. The summed E-state index contributed by atoms with van der Waals surface area (Å²) >= 11 is 1.33. The Kier molecular flexibility index (Phi) is 3.96. The van der Waals surface area contributed by atoms with Crippen molar-refractivity contribution in [3.05, 3.63) is 34.2 Å². The number of nitrogens with zero attached hydrogens (tertiary/aromatic N) is 1. The molecule has 19 heavy (non-hydrogen) atoms. The summed E-state index contributed by atoms with van der Waals surface area (Å²) in [6.45, 7) is 3.46. The number of aromatic amines is 1. The Morgan fingerprint density at radius 3 is 2.84 bits per heavy atom. The summed E-state index contributed by atoms with van der Waals surface area (Å²) < 4.78 is 0. The first kappa shape index (κ1) is 13.3. The van der Waals surface area contributed by atoms with Gasteiger partial charge in [-0.1, -0.05) is 6.07 Å². The van der Waals surface area contributed by atoms with Crippen molar-refractivity contribution in [1.29, 1.82) is 0 Å². The summed E-state index contributed by atoms with van der Waals surface area (Å²) in [5.74, 6) is -0.00142. The molecule has 2 heterocycles. The van der Waals surface area contributed by atoms with Gasteiger partial charge in [0.05, 0.1) is 11.1 Å². The zero-order chi connectivity index (χ0) is 13.8. The maximum absolute atomic E-state index is 11.9. The minimum atomic E-state index is -0.628. The molecule has 0 radical (unpaired) electrons. The Morgan fingerprint density at radius 1 is 1.47 bits per heavy atom. The van der Waals surface area contributed by atoms with Gasteiger partial charge in [-0.25, -0.2) is 0 Å². The van der Waals surface area contributed by atoms with E-state index in [2.05, 4.69) is 20.8 Å². The molecule has 2 aromatic heterocycles. The highest BCUT2D eigenvalue weighted by Crippen LogP contribution is 2.10. The van der Waals surface area contributed by atoms with Gasteiger partial charge >= 0.3 is 0 Å². The van der Waals surface area contributed by atoms with Gasteiger partial charge in [-0.05, 0) is 25.3 Å². The lowest BCUT2D eigenvalue weighted by molar-refractivity contribution is -0.117. The van der Waals surface area contributed by atoms with Gasteiger partial charge in [-0.2, -0.15) is 5.10 Å². The standard InChI is InChI=1S/C12H14N4O2S/c1-7-6-13-16-10(7)15-11(17)8(2)14-12(18)9-4-3-5-19-9/h3-6,8H,1-2H3,(H,14,18)(H2,13,15,16,17). The summed E-state index contributed by atoms with van der Waals surface area (Å²) in [5, 5.41) is 13.6. The van der Waals surface area contributed by atoms with E-state index in [-0.39, 0.29) is 11.8 Å². The average Bonchev–Trinajstić information content (AvgIpc) is 3.01. The Labute approximate surface area is 114 Å². The summed E-state index contributed by atoms with van der Waals surface area (Å²) in [5.41, 5.74) is 0.838. The van der Waals surface area contributed by atoms with Crippen LogP contribution in [0.2, 0.25) is 0 Å². The van der Waals surface area contributed by atoms with E-state index in [0.717, 1.165) is 5.56 Å². The highest BCUT2D eigenvalue weighted by molar-refractivity contribution is 7.12. The van der Waals surface area contributed by atoms with Crippen molar-refractivity contribution in [2.75, 3.05) is 5.32 Å². The van der Waals surface area contributed by atoms with Gasteiger partial charge in [-0.3, -0.25) is 14.7 Å². The molecule has 0 saturated heterocycles. The molecule has 0 fully saturated rings. The number of nitrogens with one attached hydrogen (secondary N) is 3. The first-order valence-electron chi connectivity index (χ1n) is 5.73. The van der Waals surface area contributed by atoms with Gasteiger partial charge in [0.15, 0.2) is 0 Å². The van der Waals surface area contributed by atoms with Crippen LogP contribution in [0.5, 0.6) is 0 Å². The van der Waals surface area contributed by atoms with E-state index in [9.17, 15) is 9.59 Å². The number of hydrogen-bond acceptors (Lipinski definition) is 4. The fourth-order valence-corrected chi connectivity index (χ4v) is 2.07. The molecule has 2 amide bonds. The third-order valence-corrected chi connectivity index (χ3v) is 3.43. The van der Waals surface area contributed by atoms with Gasteiger partial charge in [-0.15, -0.1) is 11.3 Å². The lowest BCUT2D eigenvalue weighted by Crippen LogP contribution is -2.41. The molecule has 100 valence electrons. The topological polar surface area (TPSA) is 86.9 Å². The Morgan fingerprint density at radius 2 is 2.26 bits per heavy atom. The van der Waals surface area contributed by atoms with Crippen molar-refractivity contribution >= 4 is 29.0 Å². The van der Waals surface area contributed by atoms with E-state index >= 15 is 0 Å². The molecule has 0 aliphatic carbocycles. The molecule has 0 saturated carbocycles. The van der Waals surface area contributed by atoms with Gasteiger partial charge < -0.3 is 10.6 Å². The number of rotatable bonds is 4. The Balaban J connectivity index is 1.93. The van der Waals surface area contributed by atoms with Crippen molar-refractivity contribution in [1.82, 2.24) is 15.5 Å². The number of H-pyrrole nitrogens is 1. The third kappa shape index (κ3) is 3.19. The monoisotopic (exact) mass is 278 g/mol. The molecule has 2 rings (SSSR count). The average molecular weight is 278 g/mol. The Hall–Kier alpha value is -2.15. The van der Waals surface area contributed by atoms with Crippen LogP contribution in [0, 0.1) is 6.92 Å². The minimum absolute atomic E-state index is 0.251. The molecular formula is C12H14N4O2S. The van der Waals surface area contributed by atoms with Crippen LogP contribution < -0.4 is 10.6 Å². The number of aryl methyl sites for hydroxylation is 1. The van der Waals surface area contributed by atoms with E-state index in [0.29, 0.717) is 10.7 Å². The van der Waals surface area contributed by atoms with Gasteiger partial charge in [0, 0.05) is 5.56 Å². The first-order chi connectivity index (χ1) is 9.08. The molecule has 0 aliphatic rings. The van der Waals surface area contributed by atoms with E-state index in [4.69, 9.17) is 0 Å². The molecule has 0 spiro atoms. The number of aromatic nitrogens is 2. The van der Waals surface area contributed by atoms with Crippen LogP contribution in [0.25, 0.3) is 0 Å². The molecule has 0 bridgehead atoms. The maximum atomic E-state index is 11.9. The smallest absolute Gasteiger partial charge is 0.261 e. The van der Waals surface area contributed by atoms with Crippen molar-refractivity contribution in [3.63, 3.8) is 0 Å². The van der Waals surface area contributed by atoms with E-state index in [1.807, 2.05) is 12.3 Å². The van der Waals surface area contributed by atoms with Crippen LogP contribution in [0.4, 0.5) is 5.82 Å². The number of amides is 2. The summed E-state index contributed by atoms with van der Waals surface area (Å²) in [7, 11) is 0. The normalized spacial score (nSPS) is 11.9. The third-order valence-electron chi connectivity index (χ3n) is 2.56. The molecule has 0 aromatic carbocycles. The molecular weight excluding hydrogens is 264 g/mol. The predicted octanol–water partition coefficient (Wildman–Crippen LogP) is 1.54. The largest absolute Gasteiger partial charge is 0.340 e. The molecule has 7 heteroatoms. The second kappa shape index (κ2) is 5.66. The van der Waals surface area contributed by atoms with E-state index < -0.39 is 6.04 Å². The predicted molar refractivity (Wildman–Crippen MR) is 73.2 cm³/mol. The van der Waals surface area contributed by atoms with Crippen molar-refractivity contribution in [2.45, 2.75) is 19.9 Å². The highest BCUT2D eigenvalue weighted by Gasteiger charge is 2.18. The highest BCUT2D eigenvalue weighted by atomic mass is 32.1. The van der Waals surface area contributed by atoms with Crippen LogP contribution in [0.3, 0.4) is 0 Å². The first-order valence-corrected chi connectivity index (χ1v) is 6.61. The van der Waals surface area contributed by atoms with Crippen LogP contribution in [-0.2, 0) is 4.79 Å².